The van der Waals surface area contributed by atoms with Crippen molar-refractivity contribution in [3.05, 3.63) is 62.1 Å². The van der Waals surface area contributed by atoms with Gasteiger partial charge in [-0.2, -0.15) is 5.10 Å². The van der Waals surface area contributed by atoms with Gasteiger partial charge in [-0.25, -0.2) is 4.68 Å². The van der Waals surface area contributed by atoms with Crippen LogP contribution in [-0.4, -0.2) is 38.6 Å². The Morgan fingerprint density at radius 2 is 1.92 bits per heavy atom. The highest BCUT2D eigenvalue weighted by Gasteiger charge is 2.25. The van der Waals surface area contributed by atoms with E-state index < -0.39 is 16.3 Å². The second-order valence-electron chi connectivity index (χ2n) is 5.66. The number of benzene rings is 1. The average Bonchev–Trinajstić information content (AvgIpc) is 3.09. The minimum Gasteiger partial charge on any atom is -0.337 e. The van der Waals surface area contributed by atoms with Crippen LogP contribution >= 0.6 is 0 Å². The summed E-state index contributed by atoms with van der Waals surface area (Å²) >= 11 is 0. The summed E-state index contributed by atoms with van der Waals surface area (Å²) in [6.07, 6.45) is 1.80. The number of hydrogen-bond acceptors (Lipinski definition) is 5. The highest BCUT2D eigenvalue weighted by atomic mass is 16.6. The zero-order chi connectivity index (χ0) is 17.3. The molecule has 3 rings (SSSR count). The number of aromatic nitrogens is 2. The molecule has 0 N–H and O–H groups in total. The molecule has 1 aliphatic heterocycles. The van der Waals surface area contributed by atoms with Gasteiger partial charge in [-0.3, -0.25) is 19.7 Å². The lowest BCUT2D eigenvalue weighted by molar-refractivity contribution is -0.384. The molecule has 1 aromatic heterocycles. The Bertz CT molecular complexity index is 869. The maximum Gasteiger partial charge on any atom is 0.294 e. The minimum atomic E-state index is -0.517. The van der Waals surface area contributed by atoms with E-state index in [1.807, 2.05) is 0 Å². The minimum absolute atomic E-state index is 0.142. The second kappa shape index (κ2) is 6.23. The quantitative estimate of drug-likeness (QED) is 0.630. The Kier molecular flexibility index (Phi) is 4.11. The van der Waals surface area contributed by atoms with Crippen LogP contribution in [0.2, 0.25) is 0 Å². The molecule has 0 atom stereocenters. The lowest BCUT2D eigenvalue weighted by atomic mass is 10.2. The van der Waals surface area contributed by atoms with Crippen LogP contribution in [0.15, 0.2) is 35.1 Å². The van der Waals surface area contributed by atoms with E-state index in [9.17, 15) is 19.7 Å². The molecule has 1 saturated heterocycles. The number of carbonyl (C=O) groups is 1. The van der Waals surface area contributed by atoms with Crippen molar-refractivity contribution in [1.29, 1.82) is 0 Å². The highest BCUT2D eigenvalue weighted by Crippen LogP contribution is 2.22. The predicted octanol–water partition coefficient (Wildman–Crippen LogP) is 1.69. The summed E-state index contributed by atoms with van der Waals surface area (Å²) in [4.78, 5) is 37.0. The first-order chi connectivity index (χ1) is 11.5. The van der Waals surface area contributed by atoms with Crippen molar-refractivity contribution in [2.75, 3.05) is 13.1 Å². The largest absolute Gasteiger partial charge is 0.337 e. The molecule has 0 radical (unpaired) electrons. The number of amides is 1. The molecule has 2 aromatic rings. The standard InChI is InChI=1S/C16H16N4O4/c1-11-10-14(21)15(16(22)18-8-4-5-9-18)17-19(11)12-6-2-3-7-13(12)20(23)24/h2-3,6-7,10H,4-5,8-9H2,1H3. The first-order valence-electron chi connectivity index (χ1n) is 7.63. The van der Waals surface area contributed by atoms with Crippen LogP contribution in [0.5, 0.6) is 0 Å². The zero-order valence-electron chi connectivity index (χ0n) is 13.1. The molecule has 0 aliphatic carbocycles. The summed E-state index contributed by atoms with van der Waals surface area (Å²) in [5.41, 5.74) is -0.182. The molecule has 0 unspecified atom stereocenters. The van der Waals surface area contributed by atoms with E-state index in [2.05, 4.69) is 5.10 Å². The van der Waals surface area contributed by atoms with E-state index in [4.69, 9.17) is 0 Å². The molecule has 0 bridgehead atoms. The van der Waals surface area contributed by atoms with Crippen LogP contribution in [0, 0.1) is 17.0 Å². The summed E-state index contributed by atoms with van der Waals surface area (Å²) < 4.78 is 1.28. The van der Waals surface area contributed by atoms with Gasteiger partial charge in [0.05, 0.1) is 4.92 Å². The molecule has 24 heavy (non-hydrogen) atoms. The fraction of sp³-hybridized carbons (Fsp3) is 0.312. The monoisotopic (exact) mass is 328 g/mol. The van der Waals surface area contributed by atoms with Gasteiger partial charge in [-0.1, -0.05) is 12.1 Å². The van der Waals surface area contributed by atoms with Gasteiger partial charge in [0.25, 0.3) is 11.6 Å². The van der Waals surface area contributed by atoms with Crippen molar-refractivity contribution in [2.45, 2.75) is 19.8 Å². The van der Waals surface area contributed by atoms with Crippen molar-refractivity contribution >= 4 is 11.6 Å². The zero-order valence-corrected chi connectivity index (χ0v) is 13.1. The number of aryl methyl sites for hydroxylation is 1. The van der Waals surface area contributed by atoms with Gasteiger partial charge in [-0.05, 0) is 25.8 Å². The molecule has 1 aliphatic rings. The SMILES string of the molecule is Cc1cc(=O)c(C(=O)N2CCCC2)nn1-c1ccccc1[N+](=O)[O-]. The molecule has 1 fully saturated rings. The van der Waals surface area contributed by atoms with Gasteiger partial charge >= 0.3 is 0 Å². The highest BCUT2D eigenvalue weighted by molar-refractivity contribution is 5.92. The number of nitro groups is 1. The maximum absolute atomic E-state index is 12.5. The number of likely N-dealkylation sites (tertiary alicyclic amines) is 1. The van der Waals surface area contributed by atoms with Gasteiger partial charge in [-0.15, -0.1) is 0 Å². The van der Waals surface area contributed by atoms with Crippen molar-refractivity contribution in [2.24, 2.45) is 0 Å². The number of hydrogen-bond donors (Lipinski definition) is 0. The predicted molar refractivity (Wildman–Crippen MR) is 86.4 cm³/mol. The number of nitrogens with zero attached hydrogens (tertiary/aromatic N) is 4. The van der Waals surface area contributed by atoms with Crippen LogP contribution in [0.4, 0.5) is 5.69 Å². The van der Waals surface area contributed by atoms with Crippen LogP contribution in [0.1, 0.15) is 29.0 Å². The number of rotatable bonds is 3. The smallest absolute Gasteiger partial charge is 0.294 e. The fourth-order valence-electron chi connectivity index (χ4n) is 2.81. The van der Waals surface area contributed by atoms with Gasteiger partial charge in [0.1, 0.15) is 5.69 Å². The van der Waals surface area contributed by atoms with Gasteiger partial charge in [0.2, 0.25) is 5.43 Å². The molecule has 1 aromatic carbocycles. The lowest BCUT2D eigenvalue weighted by Gasteiger charge is -2.16. The van der Waals surface area contributed by atoms with E-state index in [0.717, 1.165) is 12.8 Å². The summed E-state index contributed by atoms with van der Waals surface area (Å²) in [7, 11) is 0. The van der Waals surface area contributed by atoms with Crippen LogP contribution < -0.4 is 5.43 Å². The van der Waals surface area contributed by atoms with E-state index in [1.54, 1.807) is 24.0 Å². The molecular weight excluding hydrogens is 312 g/mol. The van der Waals surface area contributed by atoms with E-state index in [1.165, 1.54) is 22.9 Å². The Morgan fingerprint density at radius 1 is 1.25 bits per heavy atom. The van der Waals surface area contributed by atoms with Crippen molar-refractivity contribution < 1.29 is 9.72 Å². The first kappa shape index (κ1) is 15.9. The van der Waals surface area contributed by atoms with Crippen LogP contribution in [0.3, 0.4) is 0 Å². The summed E-state index contributed by atoms with van der Waals surface area (Å²) in [5, 5.41) is 15.4. The number of carbonyl (C=O) groups excluding carboxylic acids is 1. The topological polar surface area (TPSA) is 98.3 Å². The third kappa shape index (κ3) is 2.78. The summed E-state index contributed by atoms with van der Waals surface area (Å²) in [6.45, 7) is 2.81. The molecular formula is C16H16N4O4. The Morgan fingerprint density at radius 3 is 2.58 bits per heavy atom. The van der Waals surface area contributed by atoms with Crippen LogP contribution in [-0.2, 0) is 0 Å². The van der Waals surface area contributed by atoms with Gasteiger partial charge in [0.15, 0.2) is 5.69 Å². The Hall–Kier alpha value is -3.03. The van der Waals surface area contributed by atoms with E-state index in [-0.39, 0.29) is 17.1 Å². The molecule has 0 spiro atoms. The van der Waals surface area contributed by atoms with Gasteiger partial charge in [0, 0.05) is 30.9 Å². The Balaban J connectivity index is 2.13. The van der Waals surface area contributed by atoms with E-state index >= 15 is 0 Å². The normalized spacial score (nSPS) is 14.0. The van der Waals surface area contributed by atoms with Crippen molar-refractivity contribution in [3.8, 4) is 5.69 Å². The van der Waals surface area contributed by atoms with Gasteiger partial charge < -0.3 is 4.90 Å². The molecule has 124 valence electrons. The molecule has 0 saturated carbocycles. The van der Waals surface area contributed by atoms with Crippen LogP contribution in [0.25, 0.3) is 5.69 Å². The van der Waals surface area contributed by atoms with Crippen molar-refractivity contribution in [3.63, 3.8) is 0 Å². The Labute approximate surface area is 137 Å². The second-order valence-corrected chi connectivity index (χ2v) is 5.66. The summed E-state index contributed by atoms with van der Waals surface area (Å²) in [5.74, 6) is -0.426. The molecule has 8 nitrogen and oxygen atoms in total. The molecule has 2 heterocycles. The average molecular weight is 328 g/mol. The third-order valence-electron chi connectivity index (χ3n) is 4.01. The third-order valence-corrected chi connectivity index (χ3v) is 4.01. The lowest BCUT2D eigenvalue weighted by Crippen LogP contribution is -2.34. The first-order valence-corrected chi connectivity index (χ1v) is 7.63. The summed E-state index contributed by atoms with van der Waals surface area (Å²) in [6, 6.07) is 7.37. The fourth-order valence-corrected chi connectivity index (χ4v) is 2.81. The maximum atomic E-state index is 12.5. The number of para-hydroxylation sites is 2. The molecule has 1 amide bonds. The van der Waals surface area contributed by atoms with E-state index in [0.29, 0.717) is 18.8 Å². The van der Waals surface area contributed by atoms with Crippen molar-refractivity contribution in [1.82, 2.24) is 14.7 Å². The number of nitro benzene ring substituents is 1. The molecule has 8 heteroatoms.